The molecule has 5 nitrogen and oxygen atoms in total. The lowest BCUT2D eigenvalue weighted by Crippen LogP contribution is -2.44. The summed E-state index contributed by atoms with van der Waals surface area (Å²) in [4.78, 5) is 12.0. The van der Waals surface area contributed by atoms with Gasteiger partial charge in [0.1, 0.15) is 0 Å². The van der Waals surface area contributed by atoms with Crippen molar-refractivity contribution < 1.29 is 4.79 Å². The van der Waals surface area contributed by atoms with Gasteiger partial charge in [-0.3, -0.25) is 14.8 Å². The van der Waals surface area contributed by atoms with Crippen LogP contribution in [0.2, 0.25) is 0 Å². The number of amides is 1. The predicted octanol–water partition coefficient (Wildman–Crippen LogP) is 1.85. The van der Waals surface area contributed by atoms with Gasteiger partial charge in [0.05, 0.1) is 11.7 Å². The second kappa shape index (κ2) is 6.88. The van der Waals surface area contributed by atoms with Crippen molar-refractivity contribution in [2.75, 3.05) is 7.05 Å². The summed E-state index contributed by atoms with van der Waals surface area (Å²) < 4.78 is 1.89. The number of aromatic nitrogens is 2. The van der Waals surface area contributed by atoms with E-state index in [2.05, 4.69) is 43.4 Å². The second-order valence-electron chi connectivity index (χ2n) is 5.89. The monoisotopic (exact) mass is 280 g/mol. The normalized spacial score (nSPS) is 14.4. The van der Waals surface area contributed by atoms with Gasteiger partial charge >= 0.3 is 0 Å². The average Bonchev–Trinajstić information content (AvgIpc) is 2.60. The highest BCUT2D eigenvalue weighted by Gasteiger charge is 2.24. The molecule has 0 saturated heterocycles. The molecule has 0 aromatic carbocycles. The fourth-order valence-corrected chi connectivity index (χ4v) is 2.70. The van der Waals surface area contributed by atoms with Crippen LogP contribution in [-0.2, 0) is 11.8 Å². The van der Waals surface area contributed by atoms with Crippen LogP contribution < -0.4 is 10.6 Å². The van der Waals surface area contributed by atoms with Crippen LogP contribution in [0.15, 0.2) is 0 Å². The number of carbonyl (C=O) groups excluding carboxylic acids is 1. The number of nitrogens with one attached hydrogen (secondary N) is 2. The van der Waals surface area contributed by atoms with E-state index in [-0.39, 0.29) is 18.0 Å². The Bertz CT molecular complexity index is 465. The summed E-state index contributed by atoms with van der Waals surface area (Å²) in [5, 5.41) is 10.6. The van der Waals surface area contributed by atoms with Crippen molar-refractivity contribution in [2.45, 2.75) is 53.1 Å². The van der Waals surface area contributed by atoms with Gasteiger partial charge in [0.25, 0.3) is 0 Å². The SMILES string of the molecule is CNC(=O)C(CC(C)C)NC(C)c1c(C)nn(C)c1C. The topological polar surface area (TPSA) is 59.0 Å². The quantitative estimate of drug-likeness (QED) is 0.836. The minimum atomic E-state index is -0.172. The highest BCUT2D eigenvalue weighted by molar-refractivity contribution is 5.81. The summed E-state index contributed by atoms with van der Waals surface area (Å²) in [6, 6.07) is -0.0706. The minimum Gasteiger partial charge on any atom is -0.358 e. The molecule has 1 amide bonds. The Morgan fingerprint density at radius 2 is 1.90 bits per heavy atom. The van der Waals surface area contributed by atoms with Crippen LogP contribution in [0.4, 0.5) is 0 Å². The third-order valence-electron chi connectivity index (χ3n) is 3.72. The number of aryl methyl sites for hydroxylation is 2. The van der Waals surface area contributed by atoms with Crippen LogP contribution in [-0.4, -0.2) is 28.8 Å². The maximum absolute atomic E-state index is 12.0. The minimum absolute atomic E-state index is 0.0461. The molecule has 0 aliphatic rings. The summed E-state index contributed by atoms with van der Waals surface area (Å²) in [6.45, 7) is 10.4. The maximum atomic E-state index is 12.0. The molecule has 2 atom stereocenters. The summed E-state index contributed by atoms with van der Waals surface area (Å²) in [7, 11) is 3.63. The van der Waals surface area contributed by atoms with E-state index in [4.69, 9.17) is 0 Å². The molecule has 1 rings (SSSR count). The number of hydrogen-bond acceptors (Lipinski definition) is 3. The van der Waals surface area contributed by atoms with E-state index in [9.17, 15) is 4.79 Å². The molecular weight excluding hydrogens is 252 g/mol. The van der Waals surface area contributed by atoms with Gasteiger partial charge in [-0.1, -0.05) is 13.8 Å². The van der Waals surface area contributed by atoms with E-state index < -0.39 is 0 Å². The molecule has 20 heavy (non-hydrogen) atoms. The third-order valence-corrected chi connectivity index (χ3v) is 3.72. The highest BCUT2D eigenvalue weighted by Crippen LogP contribution is 2.22. The summed E-state index contributed by atoms with van der Waals surface area (Å²) in [5.74, 6) is 0.512. The number of hydrogen-bond donors (Lipinski definition) is 2. The number of nitrogens with zero attached hydrogens (tertiary/aromatic N) is 2. The molecule has 114 valence electrons. The molecule has 2 N–H and O–H groups in total. The van der Waals surface area contributed by atoms with E-state index in [1.807, 2.05) is 18.7 Å². The van der Waals surface area contributed by atoms with Crippen LogP contribution in [0.3, 0.4) is 0 Å². The number of rotatable bonds is 6. The predicted molar refractivity (Wildman–Crippen MR) is 81.5 cm³/mol. The first-order valence-corrected chi connectivity index (χ1v) is 7.25. The lowest BCUT2D eigenvalue weighted by molar-refractivity contribution is -0.123. The molecule has 0 fully saturated rings. The summed E-state index contributed by atoms with van der Waals surface area (Å²) in [5.41, 5.74) is 3.35. The fourth-order valence-electron chi connectivity index (χ4n) is 2.70. The molecule has 2 unspecified atom stereocenters. The van der Waals surface area contributed by atoms with Gasteiger partial charge in [-0.15, -0.1) is 0 Å². The van der Waals surface area contributed by atoms with Crippen LogP contribution >= 0.6 is 0 Å². The molecule has 0 spiro atoms. The number of likely N-dealkylation sites (N-methyl/N-ethyl adjacent to an activating group) is 1. The Morgan fingerprint density at radius 1 is 1.30 bits per heavy atom. The Morgan fingerprint density at radius 3 is 2.30 bits per heavy atom. The first-order valence-electron chi connectivity index (χ1n) is 7.25. The standard InChI is InChI=1S/C15H28N4O/c1-9(2)8-13(15(20)16-6)17-10(3)14-11(4)18-19(7)12(14)5/h9-10,13,17H,8H2,1-7H3,(H,16,20). The van der Waals surface area contributed by atoms with E-state index in [0.717, 1.165) is 17.8 Å². The van der Waals surface area contributed by atoms with Gasteiger partial charge < -0.3 is 5.32 Å². The van der Waals surface area contributed by atoms with Crippen molar-refractivity contribution in [1.82, 2.24) is 20.4 Å². The molecule has 0 aliphatic heterocycles. The zero-order valence-electron chi connectivity index (χ0n) is 13.7. The molecular formula is C15H28N4O. The molecule has 1 aromatic heterocycles. The van der Waals surface area contributed by atoms with Crippen molar-refractivity contribution in [3.05, 3.63) is 17.0 Å². The first kappa shape index (κ1) is 16.7. The molecule has 1 heterocycles. The lowest BCUT2D eigenvalue weighted by atomic mass is 10.00. The molecule has 0 saturated carbocycles. The Hall–Kier alpha value is -1.36. The van der Waals surface area contributed by atoms with E-state index >= 15 is 0 Å². The smallest absolute Gasteiger partial charge is 0.236 e. The summed E-state index contributed by atoms with van der Waals surface area (Å²) in [6.07, 6.45) is 0.822. The van der Waals surface area contributed by atoms with Gasteiger partial charge in [0.15, 0.2) is 0 Å². The average molecular weight is 280 g/mol. The van der Waals surface area contributed by atoms with E-state index in [1.54, 1.807) is 7.05 Å². The van der Waals surface area contributed by atoms with Crippen molar-refractivity contribution in [3.8, 4) is 0 Å². The van der Waals surface area contributed by atoms with E-state index in [0.29, 0.717) is 5.92 Å². The van der Waals surface area contributed by atoms with Crippen LogP contribution in [0.5, 0.6) is 0 Å². The first-order chi connectivity index (χ1) is 9.27. The van der Waals surface area contributed by atoms with Crippen molar-refractivity contribution >= 4 is 5.91 Å². The van der Waals surface area contributed by atoms with Gasteiger partial charge in [-0.2, -0.15) is 5.10 Å². The lowest BCUT2D eigenvalue weighted by Gasteiger charge is -2.24. The summed E-state index contributed by atoms with van der Waals surface area (Å²) >= 11 is 0. The zero-order chi connectivity index (χ0) is 15.4. The largest absolute Gasteiger partial charge is 0.358 e. The second-order valence-corrected chi connectivity index (χ2v) is 5.89. The Kier molecular flexibility index (Phi) is 5.74. The van der Waals surface area contributed by atoms with Crippen LogP contribution in [0.25, 0.3) is 0 Å². The molecule has 1 aromatic rings. The molecule has 0 radical (unpaired) electrons. The highest BCUT2D eigenvalue weighted by atomic mass is 16.2. The van der Waals surface area contributed by atoms with Gasteiger partial charge in [-0.05, 0) is 33.1 Å². The molecule has 0 aliphatic carbocycles. The van der Waals surface area contributed by atoms with Crippen LogP contribution in [0.1, 0.15) is 50.2 Å². The fraction of sp³-hybridized carbons (Fsp3) is 0.733. The number of carbonyl (C=O) groups is 1. The molecule has 5 heteroatoms. The maximum Gasteiger partial charge on any atom is 0.236 e. The third kappa shape index (κ3) is 3.82. The van der Waals surface area contributed by atoms with Gasteiger partial charge in [0, 0.05) is 31.4 Å². The van der Waals surface area contributed by atoms with Crippen molar-refractivity contribution in [3.63, 3.8) is 0 Å². The molecule has 0 bridgehead atoms. The van der Waals surface area contributed by atoms with Crippen molar-refractivity contribution in [1.29, 1.82) is 0 Å². The van der Waals surface area contributed by atoms with E-state index in [1.165, 1.54) is 5.56 Å². The van der Waals surface area contributed by atoms with Gasteiger partial charge in [-0.25, -0.2) is 0 Å². The zero-order valence-corrected chi connectivity index (χ0v) is 13.7. The van der Waals surface area contributed by atoms with Gasteiger partial charge in [0.2, 0.25) is 5.91 Å². The Labute approximate surface area is 122 Å². The van der Waals surface area contributed by atoms with Crippen molar-refractivity contribution in [2.24, 2.45) is 13.0 Å². The Balaban J connectivity index is 2.90. The van der Waals surface area contributed by atoms with Crippen LogP contribution in [0, 0.1) is 19.8 Å².